The molecule has 3 aliphatic carbocycles. The highest BCUT2D eigenvalue weighted by Gasteiger charge is 2.79. The molecule has 81 heavy (non-hydrogen) atoms. The molecule has 2 bridgehead atoms. The zero-order chi connectivity index (χ0) is 60.6. The number of fused-ring (bicyclic) bond motifs is 5. The molecule has 2 amide bonds. The molecule has 2 N–H and O–H groups in total. The summed E-state index contributed by atoms with van der Waals surface area (Å²) in [7, 11) is -5.75. The minimum atomic E-state index is -3.05. The molecule has 1 aromatic rings. The van der Waals surface area contributed by atoms with Crippen molar-refractivity contribution in [2.45, 2.75) is 239 Å². The number of morpholine rings is 1. The molecule has 2 saturated heterocycles. The third kappa shape index (κ3) is 12.5. The number of hydrogen-bond donors (Lipinski definition) is 2. The van der Waals surface area contributed by atoms with Gasteiger partial charge >= 0.3 is 30.1 Å². The number of allylic oxidation sites excluding steroid dienone is 1. The van der Waals surface area contributed by atoms with Crippen molar-refractivity contribution in [2.24, 2.45) is 16.7 Å². The number of ether oxygens (including phenoxy) is 7. The Kier molecular flexibility index (Phi) is 20.3. The summed E-state index contributed by atoms with van der Waals surface area (Å²) in [5, 5.41) is 17.6. The fourth-order valence-corrected chi connectivity index (χ4v) is 22.8. The third-order valence-corrected chi connectivity index (χ3v) is 29.5. The van der Waals surface area contributed by atoms with Gasteiger partial charge in [0.2, 0.25) is 8.32 Å². The molecular formula is C61H96N2O16Si2. The Bertz CT molecular complexity index is 2500. The number of amides is 2. The fraction of sp³-hybridized carbons (Fsp3) is 0.738. The van der Waals surface area contributed by atoms with E-state index in [1.165, 1.54) is 11.8 Å². The predicted octanol–water partition coefficient (Wildman–Crippen LogP) is 10.6. The van der Waals surface area contributed by atoms with Crippen LogP contribution in [0.15, 0.2) is 53.1 Å². The first-order valence-electron chi connectivity index (χ1n) is 29.5. The first-order valence-corrected chi connectivity index (χ1v) is 34.1. The Morgan fingerprint density at radius 3 is 1.95 bits per heavy atom. The van der Waals surface area contributed by atoms with Gasteiger partial charge in [-0.25, -0.2) is 19.2 Å². The molecular weight excluding hydrogens is 1070 g/mol. The van der Waals surface area contributed by atoms with Crippen LogP contribution in [-0.2, 0) is 56.4 Å². The smallest absolute Gasteiger partial charge is 0.410 e. The highest BCUT2D eigenvalue weighted by atomic mass is 28.4. The third-order valence-electron chi connectivity index (χ3n) is 18.7. The first kappa shape index (κ1) is 65.7. The number of nitrogens with zero attached hydrogens (tertiary/aromatic N) is 1. The Hall–Kier alpha value is -4.45. The summed E-state index contributed by atoms with van der Waals surface area (Å²) in [5.41, 5.74) is -7.35. The van der Waals surface area contributed by atoms with E-state index in [4.69, 9.17) is 42.0 Å². The average Bonchev–Trinajstić information content (AvgIpc) is 2.76. The molecule has 11 atom stereocenters. The van der Waals surface area contributed by atoms with Crippen LogP contribution in [0.3, 0.4) is 0 Å². The van der Waals surface area contributed by atoms with E-state index >= 15 is 14.4 Å². The second-order valence-corrected chi connectivity index (χ2v) is 36.3. The summed E-state index contributed by atoms with van der Waals surface area (Å²) in [6.07, 6.45) is -8.67. The number of esters is 3. The standard InChI is InChI=1S/C61H96N2O16Si2/c1-20-80(21-2,22-3)78-45-33-46-60(35-72-46,76-41(13)64)50-52(75-53(66)42-26-24-23-25-27-42)61(70)34-44(40(12)47(58(61,17)18)49(51(65)59(45,50)19)74-56(69)63-28-30-71-31-29-63)73-54(67)48(79-81(37(6)7,38(8)9)39(10)11)43(32-36(4)5)62-55(68)77-57(14,15)16/h23-27,32,37-39,43-46,48-50,52,70H,20-22,28-31,33-35H2,1-19H3,(H,62,68)/t43-,44-,45-,46+,48+,49+,50-,52-,59+,60-,61+/m0/s1. The quantitative estimate of drug-likeness (QED) is 0.0569. The maximum atomic E-state index is 17.1. The lowest BCUT2D eigenvalue weighted by molar-refractivity contribution is -0.344. The lowest BCUT2D eigenvalue weighted by Gasteiger charge is -2.68. The van der Waals surface area contributed by atoms with E-state index in [2.05, 4.69) is 67.6 Å². The molecule has 1 aromatic carbocycles. The second-order valence-electron chi connectivity index (χ2n) is 26.2. The molecule has 0 spiro atoms. The van der Waals surface area contributed by atoms with Gasteiger partial charge in [0.15, 0.2) is 31.9 Å². The van der Waals surface area contributed by atoms with Crippen molar-refractivity contribution in [3.05, 3.63) is 58.7 Å². The summed E-state index contributed by atoms with van der Waals surface area (Å²) in [6, 6.07) is 9.15. The van der Waals surface area contributed by atoms with Gasteiger partial charge in [-0.3, -0.25) is 9.59 Å². The Labute approximate surface area is 483 Å². The number of carbonyl (C=O) groups is 6. The first-order chi connectivity index (χ1) is 37.7. The minimum absolute atomic E-state index is 0.0393. The van der Waals surface area contributed by atoms with Crippen LogP contribution in [-0.4, -0.2) is 155 Å². The largest absolute Gasteiger partial charge is 0.456 e. The van der Waals surface area contributed by atoms with Gasteiger partial charge in [-0.2, -0.15) is 0 Å². The summed E-state index contributed by atoms with van der Waals surface area (Å²) in [4.78, 5) is 92.0. The Morgan fingerprint density at radius 2 is 1.46 bits per heavy atom. The molecule has 0 unspecified atom stereocenters. The lowest BCUT2D eigenvalue weighted by Crippen LogP contribution is -2.82. The summed E-state index contributed by atoms with van der Waals surface area (Å²) >= 11 is 0. The lowest BCUT2D eigenvalue weighted by atomic mass is 9.44. The highest BCUT2D eigenvalue weighted by Crippen LogP contribution is 2.65. The topological polar surface area (TPSA) is 221 Å². The number of Topliss-reactive ketones (excluding diaryl/α,β-unsaturated/α-hetero) is 1. The van der Waals surface area contributed by atoms with Gasteiger partial charge in [0.25, 0.3) is 0 Å². The van der Waals surface area contributed by atoms with Gasteiger partial charge in [-0.1, -0.05) is 106 Å². The van der Waals surface area contributed by atoms with E-state index in [-0.39, 0.29) is 67.1 Å². The number of nitrogens with one attached hydrogen (secondary N) is 1. The van der Waals surface area contributed by atoms with Crippen LogP contribution in [0.1, 0.15) is 155 Å². The Morgan fingerprint density at radius 1 is 0.877 bits per heavy atom. The summed E-state index contributed by atoms with van der Waals surface area (Å²) in [5.74, 6) is -4.55. The van der Waals surface area contributed by atoms with Crippen molar-refractivity contribution in [2.75, 3.05) is 32.9 Å². The van der Waals surface area contributed by atoms with Crippen molar-refractivity contribution in [3.63, 3.8) is 0 Å². The highest BCUT2D eigenvalue weighted by molar-refractivity contribution is 6.77. The van der Waals surface area contributed by atoms with Gasteiger partial charge in [0.1, 0.15) is 29.5 Å². The Balaban J connectivity index is 1.70. The molecule has 18 nitrogen and oxygen atoms in total. The van der Waals surface area contributed by atoms with Gasteiger partial charge in [-0.15, -0.1) is 0 Å². The SMILES string of the molecule is CC[Si](CC)(CC)O[C@H]1C[C@H]2OC[C@@]2(OC(C)=O)[C@H]2[C@H](OC(=O)c3ccccc3)[C@]3(O)C[C@H](OC(=O)[C@H](O[Si](C(C)C)(C(C)C)C(C)C)[C@H](C=C(C)C)NC(=O)OC(C)(C)C)C(C)=C([C@@H](OC(=O)N4CCOCC4)C(=O)[C@]12C)C3(C)C. The van der Waals surface area contributed by atoms with Crippen LogP contribution in [0.2, 0.25) is 34.8 Å². The van der Waals surface area contributed by atoms with Crippen molar-refractivity contribution in [1.82, 2.24) is 10.2 Å². The minimum Gasteiger partial charge on any atom is -0.456 e. The van der Waals surface area contributed by atoms with Crippen LogP contribution >= 0.6 is 0 Å². The number of hydrogen-bond acceptors (Lipinski definition) is 16. The molecule has 454 valence electrons. The van der Waals surface area contributed by atoms with Gasteiger partial charge in [-0.05, 0) is 107 Å². The molecule has 5 aliphatic rings. The number of alkyl carbamates (subject to hydrolysis) is 1. The zero-order valence-electron chi connectivity index (χ0n) is 51.9. The van der Waals surface area contributed by atoms with E-state index in [9.17, 15) is 19.5 Å². The molecule has 20 heteroatoms. The molecule has 4 fully saturated rings. The zero-order valence-corrected chi connectivity index (χ0v) is 53.9. The number of carbonyl (C=O) groups excluding carboxylic acids is 6. The van der Waals surface area contributed by atoms with E-state index < -0.39 is 135 Å². The van der Waals surface area contributed by atoms with Crippen LogP contribution < -0.4 is 5.32 Å². The predicted molar refractivity (Wildman–Crippen MR) is 310 cm³/mol. The van der Waals surface area contributed by atoms with Gasteiger partial charge in [0, 0.05) is 38.3 Å². The fourth-order valence-electron chi connectivity index (χ4n) is 14.3. The maximum Gasteiger partial charge on any atom is 0.410 e. The summed E-state index contributed by atoms with van der Waals surface area (Å²) < 4.78 is 59.5. The summed E-state index contributed by atoms with van der Waals surface area (Å²) in [6.45, 7) is 36.1. The van der Waals surface area contributed by atoms with Gasteiger partial charge in [0.05, 0.1) is 48.9 Å². The normalized spacial score (nSPS) is 29.2. The van der Waals surface area contributed by atoms with Crippen molar-refractivity contribution in [1.29, 1.82) is 0 Å². The number of aliphatic hydroxyl groups is 1. The molecule has 2 heterocycles. The van der Waals surface area contributed by atoms with Crippen LogP contribution in [0, 0.1) is 16.7 Å². The van der Waals surface area contributed by atoms with Crippen LogP contribution in [0.4, 0.5) is 9.59 Å². The average molecular weight is 1170 g/mol. The van der Waals surface area contributed by atoms with Crippen molar-refractivity contribution < 1.29 is 75.9 Å². The van der Waals surface area contributed by atoms with Crippen molar-refractivity contribution >= 4 is 52.5 Å². The maximum absolute atomic E-state index is 17.1. The molecule has 2 saturated carbocycles. The number of benzene rings is 1. The molecule has 2 aliphatic heterocycles. The second kappa shape index (κ2) is 25.0. The van der Waals surface area contributed by atoms with E-state index in [0.717, 1.165) is 5.57 Å². The van der Waals surface area contributed by atoms with E-state index in [1.54, 1.807) is 84.9 Å². The van der Waals surface area contributed by atoms with Crippen LogP contribution in [0.25, 0.3) is 0 Å². The monoisotopic (exact) mass is 1170 g/mol. The molecule has 6 rings (SSSR count). The molecule has 0 aromatic heterocycles. The van der Waals surface area contributed by atoms with E-state index in [1.807, 2.05) is 13.8 Å². The van der Waals surface area contributed by atoms with E-state index in [0.29, 0.717) is 23.7 Å². The number of rotatable bonds is 19. The van der Waals surface area contributed by atoms with Crippen molar-refractivity contribution in [3.8, 4) is 0 Å². The van der Waals surface area contributed by atoms with Gasteiger partial charge < -0.3 is 57.3 Å². The van der Waals surface area contributed by atoms with Crippen LogP contribution in [0.5, 0.6) is 0 Å². The number of ketones is 1. The molecule has 0 radical (unpaired) electrons.